The fourth-order valence-electron chi connectivity index (χ4n) is 0.368. The van der Waals surface area contributed by atoms with Crippen LogP contribution in [0.1, 0.15) is 6.42 Å². The zero-order valence-corrected chi connectivity index (χ0v) is 8.89. The molecule has 0 bridgehead atoms. The summed E-state index contributed by atoms with van der Waals surface area (Å²) in [5.74, 6) is -0.1000. The van der Waals surface area contributed by atoms with Crippen LogP contribution in [-0.4, -0.2) is 29.1 Å². The lowest BCUT2D eigenvalue weighted by Gasteiger charge is -2.02. The maximum atomic E-state index is 10.1. The predicted molar refractivity (Wildman–Crippen MR) is 54.0 cm³/mol. The molecule has 0 saturated carbocycles. The van der Waals surface area contributed by atoms with E-state index in [1.54, 1.807) is 11.8 Å². The number of rotatable bonds is 4. The molecule has 0 aliphatic carbocycles. The van der Waals surface area contributed by atoms with Gasteiger partial charge in [0.2, 0.25) is 0 Å². The highest BCUT2D eigenvalue weighted by Crippen LogP contribution is 1.97. The van der Waals surface area contributed by atoms with Gasteiger partial charge in [-0.25, -0.2) is 0 Å². The van der Waals surface area contributed by atoms with E-state index < -0.39 is 12.0 Å². The Balaban J connectivity index is 0. The summed E-state index contributed by atoms with van der Waals surface area (Å²) in [5.41, 5.74) is 5.19. The monoisotopic (exact) mass is 277 g/mol. The number of carboxylic acids is 1. The molecule has 0 amide bonds. The van der Waals surface area contributed by atoms with E-state index in [-0.39, 0.29) is 24.0 Å². The molecule has 0 saturated heterocycles. The summed E-state index contributed by atoms with van der Waals surface area (Å²) >= 11 is 1.60. The zero-order valence-electron chi connectivity index (χ0n) is 5.74. The van der Waals surface area contributed by atoms with Crippen LogP contribution in [0.25, 0.3) is 0 Å². The fourth-order valence-corrected chi connectivity index (χ4v) is 0.858. The van der Waals surface area contributed by atoms with Crippen molar-refractivity contribution in [2.45, 2.75) is 12.5 Å². The van der Waals surface area contributed by atoms with Gasteiger partial charge < -0.3 is 10.8 Å². The van der Waals surface area contributed by atoms with Crippen molar-refractivity contribution in [1.82, 2.24) is 0 Å². The molecule has 0 aromatic carbocycles. The second-order valence-corrected chi connectivity index (χ2v) is 2.71. The van der Waals surface area contributed by atoms with Gasteiger partial charge in [0.1, 0.15) is 6.04 Å². The number of aliphatic carboxylic acids is 1. The molecule has 3 N–H and O–H groups in total. The second-order valence-electron chi connectivity index (χ2n) is 1.73. The lowest BCUT2D eigenvalue weighted by atomic mass is 10.2. The van der Waals surface area contributed by atoms with Crippen molar-refractivity contribution in [3.8, 4) is 0 Å². The van der Waals surface area contributed by atoms with Crippen LogP contribution in [0.4, 0.5) is 0 Å². The maximum Gasteiger partial charge on any atom is 0.320 e. The van der Waals surface area contributed by atoms with Crippen molar-refractivity contribution >= 4 is 41.7 Å². The minimum absolute atomic E-state index is 0. The summed E-state index contributed by atoms with van der Waals surface area (Å²) in [6.07, 6.45) is 2.48. The van der Waals surface area contributed by atoms with Crippen molar-refractivity contribution < 1.29 is 9.90 Å². The first-order chi connectivity index (χ1) is 4.18. The van der Waals surface area contributed by atoms with Crippen molar-refractivity contribution in [3.63, 3.8) is 0 Å². The van der Waals surface area contributed by atoms with Gasteiger partial charge in [-0.05, 0) is 18.4 Å². The number of halogens is 1. The topological polar surface area (TPSA) is 63.3 Å². The standard InChI is InChI=1S/C5H11NO2S.HI/c1-9-3-2-4(6)5(7)8;/h4H,2-3,6H2,1H3,(H,7,8);1H/t4-;/m0./s1. The Hall–Kier alpha value is 0.510. The van der Waals surface area contributed by atoms with Crippen LogP contribution in [0.2, 0.25) is 0 Å². The fraction of sp³-hybridized carbons (Fsp3) is 0.800. The Morgan fingerprint density at radius 2 is 2.30 bits per heavy atom. The third-order valence-corrected chi connectivity index (χ3v) is 1.59. The van der Waals surface area contributed by atoms with E-state index in [0.29, 0.717) is 6.42 Å². The number of hydrogen-bond acceptors (Lipinski definition) is 3. The molecule has 10 heavy (non-hydrogen) atoms. The molecule has 0 spiro atoms. The lowest BCUT2D eigenvalue weighted by Crippen LogP contribution is -2.30. The molecule has 0 aromatic heterocycles. The van der Waals surface area contributed by atoms with Gasteiger partial charge in [0, 0.05) is 0 Å². The van der Waals surface area contributed by atoms with Crippen LogP contribution in [0.15, 0.2) is 0 Å². The lowest BCUT2D eigenvalue weighted by molar-refractivity contribution is -0.138. The molecule has 0 aliphatic heterocycles. The smallest absolute Gasteiger partial charge is 0.320 e. The van der Waals surface area contributed by atoms with Crippen LogP contribution in [-0.2, 0) is 4.79 Å². The molecule has 1 atom stereocenters. The molecule has 0 rings (SSSR count). The SMILES string of the molecule is CSCC[C@H](N)C(=O)O.I. The van der Waals surface area contributed by atoms with Crippen molar-refractivity contribution in [2.24, 2.45) is 5.73 Å². The normalized spacial score (nSPS) is 11.8. The molecule has 62 valence electrons. The molecular weight excluding hydrogens is 265 g/mol. The highest BCUT2D eigenvalue weighted by molar-refractivity contribution is 14.0. The largest absolute Gasteiger partial charge is 0.480 e. The van der Waals surface area contributed by atoms with E-state index in [1.165, 1.54) is 0 Å². The number of thioether (sulfide) groups is 1. The summed E-state index contributed by atoms with van der Waals surface area (Å²) < 4.78 is 0. The Morgan fingerprint density at radius 3 is 2.60 bits per heavy atom. The van der Waals surface area contributed by atoms with Gasteiger partial charge in [-0.1, -0.05) is 0 Å². The molecule has 0 unspecified atom stereocenters. The van der Waals surface area contributed by atoms with Gasteiger partial charge in [0.25, 0.3) is 0 Å². The molecular formula is C5H12INO2S. The quantitative estimate of drug-likeness (QED) is 0.745. The van der Waals surface area contributed by atoms with Gasteiger partial charge >= 0.3 is 5.97 Å². The third-order valence-electron chi connectivity index (χ3n) is 0.950. The minimum atomic E-state index is -0.913. The van der Waals surface area contributed by atoms with Gasteiger partial charge in [-0.3, -0.25) is 4.79 Å². The first kappa shape index (κ1) is 13.1. The highest BCUT2D eigenvalue weighted by atomic mass is 127. The van der Waals surface area contributed by atoms with Crippen LogP contribution in [0.5, 0.6) is 0 Å². The Kier molecular flexibility index (Phi) is 10.00. The Bertz CT molecular complexity index is 102. The van der Waals surface area contributed by atoms with Crippen LogP contribution >= 0.6 is 35.7 Å². The van der Waals surface area contributed by atoms with Crippen LogP contribution in [0, 0.1) is 0 Å². The van der Waals surface area contributed by atoms with E-state index in [4.69, 9.17) is 10.8 Å². The van der Waals surface area contributed by atoms with E-state index in [2.05, 4.69) is 0 Å². The summed E-state index contributed by atoms with van der Waals surface area (Å²) in [5, 5.41) is 8.27. The average molecular weight is 277 g/mol. The highest BCUT2D eigenvalue weighted by Gasteiger charge is 2.08. The number of carboxylic acid groups (broad SMARTS) is 1. The third kappa shape index (κ3) is 6.63. The summed E-state index contributed by atoms with van der Waals surface area (Å²) in [6, 6.07) is -0.683. The number of hydrogen-bond donors (Lipinski definition) is 2. The first-order valence-electron chi connectivity index (χ1n) is 2.65. The summed E-state index contributed by atoms with van der Waals surface area (Å²) in [4.78, 5) is 10.1. The molecule has 5 heteroatoms. The molecule has 0 heterocycles. The molecule has 0 fully saturated rings. The summed E-state index contributed by atoms with van der Waals surface area (Å²) in [6.45, 7) is 0. The zero-order chi connectivity index (χ0) is 7.28. The first-order valence-corrected chi connectivity index (χ1v) is 4.05. The van der Waals surface area contributed by atoms with Gasteiger partial charge in [0.05, 0.1) is 0 Å². The second kappa shape index (κ2) is 7.62. The van der Waals surface area contributed by atoms with Crippen LogP contribution in [0.3, 0.4) is 0 Å². The Morgan fingerprint density at radius 1 is 1.80 bits per heavy atom. The summed E-state index contributed by atoms with van der Waals surface area (Å²) in [7, 11) is 0. The molecule has 0 aliphatic rings. The Labute approximate surface area is 81.8 Å². The molecule has 0 aromatic rings. The average Bonchev–Trinajstić information content (AvgIpc) is 1.82. The van der Waals surface area contributed by atoms with E-state index >= 15 is 0 Å². The molecule has 3 nitrogen and oxygen atoms in total. The van der Waals surface area contributed by atoms with E-state index in [0.717, 1.165) is 5.75 Å². The van der Waals surface area contributed by atoms with E-state index in [9.17, 15) is 4.79 Å². The predicted octanol–water partition coefficient (Wildman–Crippen LogP) is 0.769. The molecule has 0 radical (unpaired) electrons. The van der Waals surface area contributed by atoms with Gasteiger partial charge in [0.15, 0.2) is 0 Å². The van der Waals surface area contributed by atoms with Crippen molar-refractivity contribution in [1.29, 1.82) is 0 Å². The van der Waals surface area contributed by atoms with Crippen LogP contribution < -0.4 is 5.73 Å². The minimum Gasteiger partial charge on any atom is -0.480 e. The van der Waals surface area contributed by atoms with Gasteiger partial charge in [-0.2, -0.15) is 11.8 Å². The number of carbonyl (C=O) groups is 1. The maximum absolute atomic E-state index is 10.1. The van der Waals surface area contributed by atoms with Crippen molar-refractivity contribution in [3.05, 3.63) is 0 Å². The van der Waals surface area contributed by atoms with Gasteiger partial charge in [-0.15, -0.1) is 24.0 Å². The van der Waals surface area contributed by atoms with Crippen molar-refractivity contribution in [2.75, 3.05) is 12.0 Å². The van der Waals surface area contributed by atoms with E-state index in [1.807, 2.05) is 6.26 Å². The number of nitrogens with two attached hydrogens (primary N) is 1.